The second-order valence-electron chi connectivity index (χ2n) is 4.70. The topological polar surface area (TPSA) is 67.5 Å². The lowest BCUT2D eigenvalue weighted by Crippen LogP contribution is -2.27. The zero-order valence-electron chi connectivity index (χ0n) is 10.5. The third-order valence-corrected chi connectivity index (χ3v) is 3.49. The summed E-state index contributed by atoms with van der Waals surface area (Å²) in [6, 6.07) is 11.9. The van der Waals surface area contributed by atoms with Gasteiger partial charge in [0.2, 0.25) is 0 Å². The van der Waals surface area contributed by atoms with Crippen LogP contribution in [0.15, 0.2) is 41.5 Å². The van der Waals surface area contributed by atoms with E-state index < -0.39 is 6.03 Å². The van der Waals surface area contributed by atoms with Gasteiger partial charge in [0.25, 0.3) is 0 Å². The number of hydrazone groups is 1. The molecule has 0 aliphatic heterocycles. The van der Waals surface area contributed by atoms with Crippen LogP contribution in [0.25, 0.3) is 10.8 Å². The smallest absolute Gasteiger partial charge is 0.332 e. The van der Waals surface area contributed by atoms with Gasteiger partial charge in [-0.05, 0) is 35.6 Å². The van der Waals surface area contributed by atoms with Gasteiger partial charge in [0.15, 0.2) is 0 Å². The maximum Gasteiger partial charge on any atom is 0.332 e. The van der Waals surface area contributed by atoms with E-state index in [1.54, 1.807) is 0 Å². The Balaban J connectivity index is 2.13. The molecule has 0 aromatic heterocycles. The van der Waals surface area contributed by atoms with Gasteiger partial charge in [0.05, 0.1) is 5.71 Å². The first kappa shape index (κ1) is 11.7. The van der Waals surface area contributed by atoms with E-state index >= 15 is 0 Å². The average molecular weight is 253 g/mol. The van der Waals surface area contributed by atoms with Crippen molar-refractivity contribution in [1.82, 2.24) is 5.43 Å². The van der Waals surface area contributed by atoms with Gasteiger partial charge in [0, 0.05) is 5.56 Å². The van der Waals surface area contributed by atoms with Crippen molar-refractivity contribution in [2.24, 2.45) is 10.8 Å². The quantitative estimate of drug-likeness (QED) is 0.753. The lowest BCUT2D eigenvalue weighted by molar-refractivity contribution is 0.249. The SMILES string of the molecule is NC(=O)N/N=C1\CCCc2c1ccc1ccccc21. The molecule has 96 valence electrons. The number of carbonyl (C=O) groups excluding carboxylic acids is 1. The molecule has 1 aliphatic rings. The van der Waals surface area contributed by atoms with Crippen LogP contribution in [0.2, 0.25) is 0 Å². The summed E-state index contributed by atoms with van der Waals surface area (Å²) in [7, 11) is 0. The molecular formula is C15H15N3O. The Morgan fingerprint density at radius 2 is 2.00 bits per heavy atom. The Labute approximate surface area is 111 Å². The highest BCUT2D eigenvalue weighted by atomic mass is 16.2. The first-order valence-electron chi connectivity index (χ1n) is 6.39. The lowest BCUT2D eigenvalue weighted by Gasteiger charge is -2.19. The van der Waals surface area contributed by atoms with E-state index in [0.29, 0.717) is 0 Å². The molecule has 4 nitrogen and oxygen atoms in total. The molecule has 0 heterocycles. The number of amides is 2. The number of primary amides is 1. The van der Waals surface area contributed by atoms with Crippen molar-refractivity contribution < 1.29 is 4.79 Å². The molecule has 19 heavy (non-hydrogen) atoms. The second-order valence-corrected chi connectivity index (χ2v) is 4.70. The number of rotatable bonds is 1. The molecule has 2 aromatic carbocycles. The molecule has 0 bridgehead atoms. The lowest BCUT2D eigenvalue weighted by atomic mass is 9.86. The first-order chi connectivity index (χ1) is 9.25. The molecule has 0 saturated carbocycles. The van der Waals surface area contributed by atoms with E-state index in [1.165, 1.54) is 16.3 Å². The molecule has 3 N–H and O–H groups in total. The van der Waals surface area contributed by atoms with Gasteiger partial charge in [-0.2, -0.15) is 5.10 Å². The summed E-state index contributed by atoms with van der Waals surface area (Å²) in [5, 5.41) is 6.63. The van der Waals surface area contributed by atoms with Crippen molar-refractivity contribution in [3.05, 3.63) is 47.5 Å². The van der Waals surface area contributed by atoms with Crippen LogP contribution in [0, 0.1) is 0 Å². The number of aryl methyl sites for hydroxylation is 1. The van der Waals surface area contributed by atoms with Crippen molar-refractivity contribution in [3.63, 3.8) is 0 Å². The third-order valence-electron chi connectivity index (χ3n) is 3.49. The zero-order chi connectivity index (χ0) is 13.2. The highest BCUT2D eigenvalue weighted by Gasteiger charge is 2.17. The number of urea groups is 1. The fourth-order valence-electron chi connectivity index (χ4n) is 2.68. The van der Waals surface area contributed by atoms with E-state index in [9.17, 15) is 4.79 Å². The second kappa shape index (κ2) is 4.72. The number of hydrogen-bond acceptors (Lipinski definition) is 2. The molecule has 0 spiro atoms. The van der Waals surface area contributed by atoms with Gasteiger partial charge in [-0.25, -0.2) is 10.2 Å². The fourth-order valence-corrected chi connectivity index (χ4v) is 2.68. The Bertz CT molecular complexity index is 676. The largest absolute Gasteiger partial charge is 0.350 e. The molecule has 2 amide bonds. The van der Waals surface area contributed by atoms with Crippen LogP contribution in [-0.4, -0.2) is 11.7 Å². The molecule has 0 atom stereocenters. The van der Waals surface area contributed by atoms with Crippen LogP contribution >= 0.6 is 0 Å². The Kier molecular flexibility index (Phi) is 2.91. The normalized spacial score (nSPS) is 16.3. The summed E-state index contributed by atoms with van der Waals surface area (Å²) in [4.78, 5) is 10.8. The van der Waals surface area contributed by atoms with Gasteiger partial charge >= 0.3 is 6.03 Å². The van der Waals surface area contributed by atoms with E-state index in [1.807, 2.05) is 6.07 Å². The molecule has 1 aliphatic carbocycles. The summed E-state index contributed by atoms with van der Waals surface area (Å²) in [5.41, 5.74) is 10.7. The van der Waals surface area contributed by atoms with Crippen molar-refractivity contribution in [1.29, 1.82) is 0 Å². The van der Waals surface area contributed by atoms with Gasteiger partial charge in [-0.15, -0.1) is 0 Å². The monoisotopic (exact) mass is 253 g/mol. The predicted molar refractivity (Wildman–Crippen MR) is 76.1 cm³/mol. The summed E-state index contributed by atoms with van der Waals surface area (Å²) in [5.74, 6) is 0. The van der Waals surface area contributed by atoms with Crippen LogP contribution in [0.1, 0.15) is 24.0 Å². The minimum absolute atomic E-state index is 0.625. The molecule has 0 radical (unpaired) electrons. The molecule has 3 rings (SSSR count). The fraction of sp³-hybridized carbons (Fsp3) is 0.200. The molecule has 0 saturated heterocycles. The average Bonchev–Trinajstić information content (AvgIpc) is 2.44. The number of carbonyl (C=O) groups is 1. The van der Waals surface area contributed by atoms with E-state index in [4.69, 9.17) is 5.73 Å². The third kappa shape index (κ3) is 2.17. The maximum absolute atomic E-state index is 10.8. The maximum atomic E-state index is 10.8. The highest BCUT2D eigenvalue weighted by molar-refractivity contribution is 6.07. The van der Waals surface area contributed by atoms with Crippen LogP contribution in [0.4, 0.5) is 4.79 Å². The number of nitrogens with two attached hydrogens (primary N) is 1. The van der Waals surface area contributed by atoms with Crippen LogP contribution < -0.4 is 11.2 Å². The molecule has 0 unspecified atom stereocenters. The summed E-state index contributed by atoms with van der Waals surface area (Å²) < 4.78 is 0. The Hall–Kier alpha value is -2.36. The molecule has 2 aromatic rings. The summed E-state index contributed by atoms with van der Waals surface area (Å²) in [6.07, 6.45) is 2.96. The van der Waals surface area contributed by atoms with Crippen LogP contribution in [0.3, 0.4) is 0 Å². The van der Waals surface area contributed by atoms with Gasteiger partial charge < -0.3 is 5.73 Å². The van der Waals surface area contributed by atoms with Gasteiger partial charge in [-0.3, -0.25) is 0 Å². The standard InChI is InChI=1S/C15H15N3O/c16-15(19)18-17-14-7-3-6-12-11-5-2-1-4-10(11)8-9-13(12)14/h1-2,4-5,8-9H,3,6-7H2,(H3,16,18,19)/b17-14+. The number of hydrogen-bond donors (Lipinski definition) is 2. The van der Waals surface area contributed by atoms with Crippen LogP contribution in [0.5, 0.6) is 0 Å². The Morgan fingerprint density at radius 1 is 1.16 bits per heavy atom. The number of nitrogens with one attached hydrogen (secondary N) is 1. The summed E-state index contributed by atoms with van der Waals surface area (Å²) >= 11 is 0. The van der Waals surface area contributed by atoms with Crippen molar-refractivity contribution in [2.45, 2.75) is 19.3 Å². The van der Waals surface area contributed by atoms with Crippen molar-refractivity contribution >= 4 is 22.5 Å². The van der Waals surface area contributed by atoms with Crippen LogP contribution in [-0.2, 0) is 6.42 Å². The predicted octanol–water partition coefficient (Wildman–Crippen LogP) is 2.55. The summed E-state index contributed by atoms with van der Waals surface area (Å²) in [6.45, 7) is 0. The number of fused-ring (bicyclic) bond motifs is 3. The van der Waals surface area contributed by atoms with Crippen molar-refractivity contribution in [3.8, 4) is 0 Å². The minimum Gasteiger partial charge on any atom is -0.350 e. The first-order valence-corrected chi connectivity index (χ1v) is 6.39. The Morgan fingerprint density at radius 3 is 2.84 bits per heavy atom. The van der Waals surface area contributed by atoms with E-state index in [-0.39, 0.29) is 0 Å². The highest BCUT2D eigenvalue weighted by Crippen LogP contribution is 2.29. The van der Waals surface area contributed by atoms with Crippen molar-refractivity contribution in [2.75, 3.05) is 0 Å². The number of benzene rings is 2. The number of nitrogens with zero attached hydrogens (tertiary/aromatic N) is 1. The molecule has 0 fully saturated rings. The van der Waals surface area contributed by atoms with E-state index in [0.717, 1.165) is 30.5 Å². The van der Waals surface area contributed by atoms with E-state index in [2.05, 4.69) is 40.9 Å². The molecular weight excluding hydrogens is 238 g/mol. The minimum atomic E-state index is -0.625. The zero-order valence-corrected chi connectivity index (χ0v) is 10.5. The van der Waals surface area contributed by atoms with Gasteiger partial charge in [-0.1, -0.05) is 36.4 Å². The molecule has 4 heteroatoms. The van der Waals surface area contributed by atoms with Gasteiger partial charge in [0.1, 0.15) is 0 Å².